The van der Waals surface area contributed by atoms with E-state index in [0.29, 0.717) is 6.54 Å². The van der Waals surface area contributed by atoms with Crippen LogP contribution in [0.2, 0.25) is 0 Å². The molecule has 0 aliphatic carbocycles. The Kier molecular flexibility index (Phi) is 6.62. The third kappa shape index (κ3) is 5.01. The number of hydrogen-bond donors (Lipinski definition) is 2. The van der Waals surface area contributed by atoms with Gasteiger partial charge >= 0.3 is 0 Å². The quantitative estimate of drug-likeness (QED) is 0.775. The molecule has 0 heterocycles. The Morgan fingerprint density at radius 1 is 1.38 bits per heavy atom. The zero-order valence-corrected chi connectivity index (χ0v) is 12.9. The molecule has 1 amide bonds. The van der Waals surface area contributed by atoms with E-state index in [4.69, 9.17) is 4.74 Å². The van der Waals surface area contributed by atoms with E-state index in [2.05, 4.69) is 5.32 Å². The largest absolute Gasteiger partial charge is 0.481 e. The van der Waals surface area contributed by atoms with Gasteiger partial charge in [-0.05, 0) is 37.5 Å². The van der Waals surface area contributed by atoms with Crippen LogP contribution in [0.5, 0.6) is 5.75 Å². The van der Waals surface area contributed by atoms with E-state index >= 15 is 0 Å². The highest BCUT2D eigenvalue weighted by atomic mass is 19.1. The van der Waals surface area contributed by atoms with E-state index in [0.717, 1.165) is 18.4 Å². The minimum atomic E-state index is -0.486. The first-order chi connectivity index (χ1) is 9.96. The van der Waals surface area contributed by atoms with Crippen LogP contribution in [-0.2, 0) is 4.79 Å². The zero-order valence-electron chi connectivity index (χ0n) is 12.9. The van der Waals surface area contributed by atoms with Crippen LogP contribution in [0.25, 0.3) is 0 Å². The Morgan fingerprint density at radius 2 is 2.05 bits per heavy atom. The van der Waals surface area contributed by atoms with Crippen LogP contribution in [0.4, 0.5) is 4.39 Å². The fraction of sp³-hybridized carbons (Fsp3) is 0.562. The Hall–Kier alpha value is -1.62. The maximum Gasteiger partial charge on any atom is 0.257 e. The fourth-order valence-electron chi connectivity index (χ4n) is 1.98. The number of carbonyl (C=O) groups is 1. The molecule has 0 aliphatic heterocycles. The second-order valence-corrected chi connectivity index (χ2v) is 5.36. The predicted molar refractivity (Wildman–Crippen MR) is 79.7 cm³/mol. The summed E-state index contributed by atoms with van der Waals surface area (Å²) in [5.74, 6) is -0.736. The van der Waals surface area contributed by atoms with Crippen molar-refractivity contribution < 1.29 is 19.0 Å². The first-order valence-electron chi connectivity index (χ1n) is 7.23. The number of carbonyl (C=O) groups excluding carboxylic acids is 1. The Labute approximate surface area is 125 Å². The summed E-state index contributed by atoms with van der Waals surface area (Å²) in [4.78, 5) is 11.8. The number of ether oxygens (including phenoxy) is 1. The van der Waals surface area contributed by atoms with Gasteiger partial charge in [0, 0.05) is 12.0 Å². The zero-order chi connectivity index (χ0) is 15.9. The van der Waals surface area contributed by atoms with Crippen molar-refractivity contribution in [2.45, 2.75) is 33.6 Å². The molecular formula is C16H24FNO3. The molecule has 0 aromatic heterocycles. The first kappa shape index (κ1) is 17.4. The molecule has 21 heavy (non-hydrogen) atoms. The minimum absolute atomic E-state index is 0.0215. The lowest BCUT2D eigenvalue weighted by Crippen LogP contribution is -2.41. The molecule has 1 rings (SSSR count). The highest BCUT2D eigenvalue weighted by Crippen LogP contribution is 2.24. The molecule has 0 unspecified atom stereocenters. The van der Waals surface area contributed by atoms with Crippen molar-refractivity contribution in [1.82, 2.24) is 5.32 Å². The van der Waals surface area contributed by atoms with E-state index in [1.165, 1.54) is 6.07 Å². The average Bonchev–Trinajstić information content (AvgIpc) is 2.50. The van der Waals surface area contributed by atoms with Crippen LogP contribution >= 0.6 is 0 Å². The maximum absolute atomic E-state index is 13.5. The van der Waals surface area contributed by atoms with Crippen LogP contribution in [0, 0.1) is 18.2 Å². The van der Waals surface area contributed by atoms with Crippen LogP contribution in [0.3, 0.4) is 0 Å². The highest BCUT2D eigenvalue weighted by Gasteiger charge is 2.25. The molecule has 0 aliphatic rings. The third-order valence-electron chi connectivity index (χ3n) is 3.94. The van der Waals surface area contributed by atoms with Gasteiger partial charge in [0.2, 0.25) is 0 Å². The number of rotatable bonds is 8. The number of hydrogen-bond acceptors (Lipinski definition) is 3. The summed E-state index contributed by atoms with van der Waals surface area (Å²) in [5, 5.41) is 12.2. The third-order valence-corrected chi connectivity index (χ3v) is 3.94. The predicted octanol–water partition coefficient (Wildman–Crippen LogP) is 2.43. The average molecular weight is 297 g/mol. The summed E-state index contributed by atoms with van der Waals surface area (Å²) in [6, 6.07) is 4.51. The fourth-order valence-corrected chi connectivity index (χ4v) is 1.98. The Balaban J connectivity index is 2.49. The Bertz CT molecular complexity index is 464. The van der Waals surface area contributed by atoms with Crippen molar-refractivity contribution in [1.29, 1.82) is 0 Å². The first-order valence-corrected chi connectivity index (χ1v) is 7.23. The number of halogens is 1. The van der Waals surface area contributed by atoms with Gasteiger partial charge in [-0.15, -0.1) is 0 Å². The van der Waals surface area contributed by atoms with Gasteiger partial charge in [-0.25, -0.2) is 4.39 Å². The molecule has 0 atom stereocenters. The smallest absolute Gasteiger partial charge is 0.257 e. The van der Waals surface area contributed by atoms with Crippen molar-refractivity contribution in [3.8, 4) is 5.75 Å². The van der Waals surface area contributed by atoms with Crippen molar-refractivity contribution >= 4 is 5.91 Å². The lowest BCUT2D eigenvalue weighted by molar-refractivity contribution is -0.123. The van der Waals surface area contributed by atoms with Gasteiger partial charge in [0.15, 0.2) is 18.2 Å². The summed E-state index contributed by atoms with van der Waals surface area (Å²) < 4.78 is 18.7. The monoisotopic (exact) mass is 297 g/mol. The molecule has 5 heteroatoms. The minimum Gasteiger partial charge on any atom is -0.481 e. The molecule has 118 valence electrons. The summed E-state index contributed by atoms with van der Waals surface area (Å²) in [5.41, 5.74) is 0.563. The van der Waals surface area contributed by atoms with Crippen molar-refractivity contribution in [2.75, 3.05) is 19.8 Å². The second-order valence-electron chi connectivity index (χ2n) is 5.36. The Morgan fingerprint density at radius 3 is 2.62 bits per heavy atom. The number of aryl methyl sites for hydroxylation is 1. The second kappa shape index (κ2) is 7.98. The van der Waals surface area contributed by atoms with E-state index in [9.17, 15) is 14.3 Å². The van der Waals surface area contributed by atoms with Gasteiger partial charge in [-0.1, -0.05) is 19.9 Å². The van der Waals surface area contributed by atoms with Crippen molar-refractivity contribution in [3.05, 3.63) is 29.6 Å². The topological polar surface area (TPSA) is 58.6 Å². The lowest BCUT2D eigenvalue weighted by atomic mass is 9.83. The normalized spacial score (nSPS) is 11.3. The number of amides is 1. The van der Waals surface area contributed by atoms with E-state index < -0.39 is 5.82 Å². The number of nitrogens with one attached hydrogen (secondary N) is 1. The summed E-state index contributed by atoms with van der Waals surface area (Å²) in [6.45, 7) is 5.94. The van der Waals surface area contributed by atoms with Gasteiger partial charge < -0.3 is 15.2 Å². The molecule has 0 radical (unpaired) electrons. The molecule has 0 spiro atoms. The van der Waals surface area contributed by atoms with Crippen molar-refractivity contribution in [3.63, 3.8) is 0 Å². The van der Waals surface area contributed by atoms with Crippen LogP contribution < -0.4 is 10.1 Å². The van der Waals surface area contributed by atoms with Crippen LogP contribution in [0.15, 0.2) is 18.2 Å². The summed E-state index contributed by atoms with van der Waals surface area (Å²) >= 11 is 0. The van der Waals surface area contributed by atoms with Gasteiger partial charge in [0.25, 0.3) is 5.91 Å². The van der Waals surface area contributed by atoms with Gasteiger partial charge in [-0.3, -0.25) is 4.79 Å². The van der Waals surface area contributed by atoms with E-state index in [-0.39, 0.29) is 30.3 Å². The van der Waals surface area contributed by atoms with Gasteiger partial charge in [0.1, 0.15) is 0 Å². The van der Waals surface area contributed by atoms with E-state index in [1.54, 1.807) is 12.1 Å². The number of aliphatic hydroxyl groups is 1. The number of aliphatic hydroxyl groups excluding tert-OH is 1. The van der Waals surface area contributed by atoms with E-state index in [1.807, 2.05) is 20.8 Å². The molecule has 1 aromatic rings. The number of benzene rings is 1. The summed E-state index contributed by atoms with van der Waals surface area (Å²) in [7, 11) is 0. The van der Waals surface area contributed by atoms with Crippen LogP contribution in [0.1, 0.15) is 32.3 Å². The van der Waals surface area contributed by atoms with Crippen molar-refractivity contribution in [2.24, 2.45) is 5.41 Å². The molecular weight excluding hydrogens is 273 g/mol. The highest BCUT2D eigenvalue weighted by molar-refractivity contribution is 5.77. The standard InChI is InChI=1S/C16H24FNO3/c1-4-16(5-2,11-19)10-18-15(20)9-21-14-8-12(3)6-7-13(14)17/h6-8,19H,4-5,9-11H2,1-3H3,(H,18,20). The summed E-state index contributed by atoms with van der Waals surface area (Å²) in [6.07, 6.45) is 1.54. The maximum atomic E-state index is 13.5. The molecule has 0 fully saturated rings. The molecule has 1 aromatic carbocycles. The molecule has 2 N–H and O–H groups in total. The van der Waals surface area contributed by atoms with Gasteiger partial charge in [0.05, 0.1) is 6.61 Å². The molecule has 0 saturated heterocycles. The van der Waals surface area contributed by atoms with Crippen LogP contribution in [-0.4, -0.2) is 30.8 Å². The molecule has 4 nitrogen and oxygen atoms in total. The molecule has 0 saturated carbocycles. The lowest BCUT2D eigenvalue weighted by Gasteiger charge is -2.29. The van der Waals surface area contributed by atoms with Gasteiger partial charge in [-0.2, -0.15) is 0 Å². The molecule has 0 bridgehead atoms. The SMILES string of the molecule is CCC(CC)(CO)CNC(=O)COc1cc(C)ccc1F.